The molecule has 3 aromatic rings. The van der Waals surface area contributed by atoms with Crippen LogP contribution in [0.4, 0.5) is 0 Å². The molecule has 0 spiro atoms. The number of carbonyl (C=O) groups excluding carboxylic acids is 2. The van der Waals surface area contributed by atoms with Crippen molar-refractivity contribution in [1.29, 1.82) is 0 Å². The number of ether oxygens (including phenoxy) is 1. The lowest BCUT2D eigenvalue weighted by atomic mass is 10.1. The van der Waals surface area contributed by atoms with Crippen LogP contribution in [0.25, 0.3) is 5.82 Å². The minimum absolute atomic E-state index is 0.00289. The van der Waals surface area contributed by atoms with Crippen LogP contribution in [-0.4, -0.2) is 50.0 Å². The molecule has 160 valence electrons. The maximum atomic E-state index is 12.1. The summed E-state index contributed by atoms with van der Waals surface area (Å²) < 4.78 is 7.35. The third-order valence-corrected chi connectivity index (χ3v) is 6.10. The highest BCUT2D eigenvalue weighted by atomic mass is 32.2. The first-order valence-corrected chi connectivity index (χ1v) is 11.0. The maximum absolute atomic E-state index is 12.1. The van der Waals surface area contributed by atoms with Gasteiger partial charge in [0.15, 0.2) is 16.8 Å². The molecule has 0 N–H and O–H groups in total. The van der Waals surface area contributed by atoms with E-state index in [1.807, 2.05) is 28.8 Å². The third kappa shape index (κ3) is 4.61. The van der Waals surface area contributed by atoms with Gasteiger partial charge in [-0.25, -0.2) is 4.98 Å². The van der Waals surface area contributed by atoms with Crippen LogP contribution in [0.5, 0.6) is 5.75 Å². The average molecular weight is 438 g/mol. The summed E-state index contributed by atoms with van der Waals surface area (Å²) in [5.41, 5.74) is 1.53. The molecule has 31 heavy (non-hydrogen) atoms. The van der Waals surface area contributed by atoms with Gasteiger partial charge in [-0.15, -0.1) is 10.2 Å². The lowest BCUT2D eigenvalue weighted by Gasteiger charge is -2.16. The Hall–Kier alpha value is -3.20. The van der Waals surface area contributed by atoms with E-state index < -0.39 is 0 Å². The van der Waals surface area contributed by atoms with Crippen molar-refractivity contribution < 1.29 is 14.3 Å². The predicted octanol–water partition coefficient (Wildman–Crippen LogP) is 3.29. The molecule has 0 unspecified atom stereocenters. The van der Waals surface area contributed by atoms with Gasteiger partial charge in [-0.05, 0) is 43.7 Å². The molecule has 8 nitrogen and oxygen atoms in total. The normalized spacial score (nSPS) is 13.6. The fourth-order valence-corrected chi connectivity index (χ4v) is 4.44. The Morgan fingerprint density at radius 3 is 2.77 bits per heavy atom. The van der Waals surface area contributed by atoms with E-state index >= 15 is 0 Å². The first kappa shape index (κ1) is 21.0. The number of thioether (sulfide) groups is 1. The predicted molar refractivity (Wildman–Crippen MR) is 116 cm³/mol. The third-order valence-electron chi connectivity index (χ3n) is 5.13. The lowest BCUT2D eigenvalue weighted by Crippen LogP contribution is -2.25. The monoisotopic (exact) mass is 437 g/mol. The second kappa shape index (κ2) is 9.30. The summed E-state index contributed by atoms with van der Waals surface area (Å²) in [4.78, 5) is 30.2. The van der Waals surface area contributed by atoms with E-state index in [9.17, 15) is 9.59 Å². The fourth-order valence-electron chi connectivity index (χ4n) is 3.51. The van der Waals surface area contributed by atoms with Crippen LogP contribution in [0.1, 0.15) is 41.5 Å². The average Bonchev–Trinajstić information content (AvgIpc) is 3.38. The summed E-state index contributed by atoms with van der Waals surface area (Å²) >= 11 is 1.48. The number of likely N-dealkylation sites (tertiary alicyclic amines) is 1. The van der Waals surface area contributed by atoms with Crippen molar-refractivity contribution in [2.75, 3.05) is 13.7 Å². The van der Waals surface area contributed by atoms with E-state index in [1.54, 1.807) is 37.3 Å². The Kier molecular flexibility index (Phi) is 6.31. The summed E-state index contributed by atoms with van der Waals surface area (Å²) in [5, 5.41) is 9.40. The minimum atomic E-state index is 0.00289. The molecular weight excluding hydrogens is 414 g/mol. The van der Waals surface area contributed by atoms with Crippen LogP contribution in [0.3, 0.4) is 0 Å². The Morgan fingerprint density at radius 2 is 2.10 bits per heavy atom. The number of hydrogen-bond acceptors (Lipinski definition) is 7. The Labute approximate surface area is 184 Å². The topological polar surface area (TPSA) is 90.2 Å². The number of rotatable bonds is 8. The van der Waals surface area contributed by atoms with Crippen LogP contribution in [0.15, 0.2) is 47.8 Å². The van der Waals surface area contributed by atoms with Crippen molar-refractivity contribution in [2.24, 2.45) is 0 Å². The highest BCUT2D eigenvalue weighted by molar-refractivity contribution is 7.98. The number of ketones is 1. The molecule has 1 aliphatic rings. The quantitative estimate of drug-likeness (QED) is 0.394. The molecule has 0 bridgehead atoms. The number of carbonyl (C=O) groups is 2. The summed E-state index contributed by atoms with van der Waals surface area (Å²) in [6.07, 6.45) is 3.16. The molecule has 9 heteroatoms. The number of pyridine rings is 1. The number of benzene rings is 1. The molecule has 1 amide bonds. The zero-order chi connectivity index (χ0) is 21.8. The van der Waals surface area contributed by atoms with Gasteiger partial charge in [0.2, 0.25) is 5.91 Å². The molecule has 2 aromatic heterocycles. The van der Waals surface area contributed by atoms with Crippen molar-refractivity contribution in [3.63, 3.8) is 0 Å². The van der Waals surface area contributed by atoms with Crippen LogP contribution < -0.4 is 4.74 Å². The van der Waals surface area contributed by atoms with Gasteiger partial charge in [-0.1, -0.05) is 17.8 Å². The molecule has 1 saturated heterocycles. The van der Waals surface area contributed by atoms with Gasteiger partial charge in [0.1, 0.15) is 11.6 Å². The molecule has 0 saturated carbocycles. The zero-order valence-electron chi connectivity index (χ0n) is 17.4. The molecule has 0 aliphatic carbocycles. The Balaban J connectivity index is 1.64. The van der Waals surface area contributed by atoms with Crippen LogP contribution in [0, 0.1) is 0 Å². The van der Waals surface area contributed by atoms with Crippen molar-refractivity contribution in [2.45, 2.75) is 37.2 Å². The molecule has 1 aliphatic heterocycles. The first-order valence-electron chi connectivity index (χ1n) is 10.0. The number of nitrogens with zero attached hydrogens (tertiary/aromatic N) is 5. The smallest absolute Gasteiger partial charge is 0.223 e. The van der Waals surface area contributed by atoms with Gasteiger partial charge in [0.05, 0.1) is 13.7 Å². The van der Waals surface area contributed by atoms with E-state index in [0.717, 1.165) is 18.5 Å². The number of amides is 1. The van der Waals surface area contributed by atoms with E-state index in [0.29, 0.717) is 46.8 Å². The van der Waals surface area contributed by atoms with Crippen LogP contribution in [-0.2, 0) is 17.1 Å². The van der Waals surface area contributed by atoms with Crippen molar-refractivity contribution in [1.82, 2.24) is 24.6 Å². The summed E-state index contributed by atoms with van der Waals surface area (Å²) in [6, 6.07) is 11.1. The van der Waals surface area contributed by atoms with Crippen molar-refractivity contribution >= 4 is 23.5 Å². The number of Topliss-reactive ketones (excluding diaryl/α,β-unsaturated/α-hetero) is 1. The molecule has 4 rings (SSSR count). The molecule has 1 aromatic carbocycles. The highest BCUT2D eigenvalue weighted by Crippen LogP contribution is 2.30. The van der Waals surface area contributed by atoms with Gasteiger partial charge in [0, 0.05) is 36.0 Å². The number of methoxy groups -OCH3 is 1. The molecule has 0 atom stereocenters. The number of hydrogen-bond donors (Lipinski definition) is 0. The highest BCUT2D eigenvalue weighted by Gasteiger charge is 2.24. The number of aromatic nitrogens is 4. The van der Waals surface area contributed by atoms with Gasteiger partial charge >= 0.3 is 0 Å². The van der Waals surface area contributed by atoms with Gasteiger partial charge < -0.3 is 9.64 Å². The SMILES string of the molecule is COc1ccc(C(C)=O)cc1CSc1nnc(CN2CCCC2=O)n1-c1ccccn1. The zero-order valence-corrected chi connectivity index (χ0v) is 18.3. The molecule has 0 radical (unpaired) electrons. The fraction of sp³-hybridized carbons (Fsp3) is 0.318. The summed E-state index contributed by atoms with van der Waals surface area (Å²) in [6.45, 7) is 2.67. The van der Waals surface area contributed by atoms with Gasteiger partial charge in [0.25, 0.3) is 0 Å². The van der Waals surface area contributed by atoms with E-state index in [-0.39, 0.29) is 11.7 Å². The second-order valence-corrected chi connectivity index (χ2v) is 8.15. The van der Waals surface area contributed by atoms with E-state index in [4.69, 9.17) is 4.74 Å². The Bertz CT molecular complexity index is 1100. The molecule has 1 fully saturated rings. The summed E-state index contributed by atoms with van der Waals surface area (Å²) in [5.74, 6) is 2.75. The molecule has 3 heterocycles. The first-order chi connectivity index (χ1) is 15.1. The minimum Gasteiger partial charge on any atom is -0.496 e. The summed E-state index contributed by atoms with van der Waals surface area (Å²) in [7, 11) is 1.61. The largest absolute Gasteiger partial charge is 0.496 e. The second-order valence-electron chi connectivity index (χ2n) is 7.21. The van der Waals surface area contributed by atoms with Gasteiger partial charge in [-0.3, -0.25) is 14.2 Å². The standard InChI is InChI=1S/C22H23N5O3S/c1-15(28)16-8-9-18(30-2)17(12-16)14-31-22-25-24-20(13-26-11-5-7-21(26)29)27(22)19-6-3-4-10-23-19/h3-4,6,8-10,12H,5,7,11,13-14H2,1-2H3. The van der Waals surface area contributed by atoms with E-state index in [1.165, 1.54) is 11.8 Å². The maximum Gasteiger partial charge on any atom is 0.223 e. The van der Waals surface area contributed by atoms with Crippen molar-refractivity contribution in [3.05, 3.63) is 59.5 Å². The van der Waals surface area contributed by atoms with Crippen LogP contribution >= 0.6 is 11.8 Å². The van der Waals surface area contributed by atoms with Gasteiger partial charge in [-0.2, -0.15) is 0 Å². The lowest BCUT2D eigenvalue weighted by molar-refractivity contribution is -0.128. The Morgan fingerprint density at radius 1 is 1.23 bits per heavy atom. The van der Waals surface area contributed by atoms with E-state index in [2.05, 4.69) is 15.2 Å². The molecular formula is C22H23N5O3S. The van der Waals surface area contributed by atoms with Crippen LogP contribution in [0.2, 0.25) is 0 Å². The van der Waals surface area contributed by atoms with Crippen molar-refractivity contribution in [3.8, 4) is 11.6 Å².